The average molecular weight is 256 g/mol. The molecule has 0 saturated heterocycles. The maximum Gasteiger partial charge on any atom is 0.317 e. The van der Waals surface area contributed by atoms with Gasteiger partial charge in [0.1, 0.15) is 0 Å². The number of aliphatic carboxylic acids is 1. The van der Waals surface area contributed by atoms with Crippen LogP contribution in [-0.4, -0.2) is 41.1 Å². The van der Waals surface area contributed by atoms with Gasteiger partial charge in [0, 0.05) is 19.1 Å². The second-order valence-corrected chi connectivity index (χ2v) is 4.93. The fourth-order valence-corrected chi connectivity index (χ4v) is 2.48. The van der Waals surface area contributed by atoms with Gasteiger partial charge < -0.3 is 15.3 Å². The van der Waals surface area contributed by atoms with Gasteiger partial charge >= 0.3 is 12.0 Å². The minimum absolute atomic E-state index is 0.0123. The highest BCUT2D eigenvalue weighted by atomic mass is 16.4. The minimum Gasteiger partial charge on any atom is -0.481 e. The molecular weight excluding hydrogens is 232 g/mol. The Bertz CT molecular complexity index is 294. The predicted octanol–water partition coefficient (Wildman–Crippen LogP) is 2.07. The maximum atomic E-state index is 12.0. The summed E-state index contributed by atoms with van der Waals surface area (Å²) in [6, 6.07) is -0.0476. The van der Waals surface area contributed by atoms with E-state index in [1.165, 1.54) is 0 Å². The van der Waals surface area contributed by atoms with Gasteiger partial charge in [0.15, 0.2) is 0 Å². The topological polar surface area (TPSA) is 69.6 Å². The molecule has 0 aromatic heterocycles. The second-order valence-electron chi connectivity index (χ2n) is 4.93. The molecule has 2 atom stereocenters. The minimum atomic E-state index is -0.741. The molecule has 0 radical (unpaired) electrons. The van der Waals surface area contributed by atoms with Crippen molar-refractivity contribution < 1.29 is 14.7 Å². The van der Waals surface area contributed by atoms with E-state index in [2.05, 4.69) is 5.32 Å². The molecule has 2 N–H and O–H groups in total. The number of carbonyl (C=O) groups excluding carboxylic acids is 1. The first-order valence-corrected chi connectivity index (χ1v) is 6.86. The zero-order valence-electron chi connectivity index (χ0n) is 11.3. The van der Waals surface area contributed by atoms with E-state index in [4.69, 9.17) is 5.11 Å². The molecule has 0 spiro atoms. The SMILES string of the molecule is CCCN(CC)C(=O)NC1CCCC(C(=O)O)C1. The molecule has 5 heteroatoms. The summed E-state index contributed by atoms with van der Waals surface area (Å²) in [4.78, 5) is 24.7. The van der Waals surface area contributed by atoms with Crippen molar-refractivity contribution in [3.8, 4) is 0 Å². The van der Waals surface area contributed by atoms with Crippen molar-refractivity contribution in [3.05, 3.63) is 0 Å². The van der Waals surface area contributed by atoms with Crippen molar-refractivity contribution in [1.29, 1.82) is 0 Å². The summed E-state index contributed by atoms with van der Waals surface area (Å²) in [6.07, 6.45) is 3.99. The van der Waals surface area contributed by atoms with Crippen LogP contribution in [0.2, 0.25) is 0 Å². The van der Waals surface area contributed by atoms with Gasteiger partial charge in [0.2, 0.25) is 0 Å². The molecule has 1 fully saturated rings. The number of hydrogen-bond acceptors (Lipinski definition) is 2. The summed E-state index contributed by atoms with van der Waals surface area (Å²) in [5, 5.41) is 12.0. The summed E-state index contributed by atoms with van der Waals surface area (Å²) in [5.41, 5.74) is 0. The van der Waals surface area contributed by atoms with E-state index < -0.39 is 5.97 Å². The summed E-state index contributed by atoms with van der Waals surface area (Å²) < 4.78 is 0. The van der Waals surface area contributed by atoms with Crippen LogP contribution in [0.15, 0.2) is 0 Å². The quantitative estimate of drug-likeness (QED) is 0.791. The van der Waals surface area contributed by atoms with E-state index in [1.54, 1.807) is 4.90 Å². The summed E-state index contributed by atoms with van der Waals surface area (Å²) >= 11 is 0. The van der Waals surface area contributed by atoms with Crippen molar-refractivity contribution in [2.75, 3.05) is 13.1 Å². The number of carbonyl (C=O) groups is 2. The van der Waals surface area contributed by atoms with E-state index in [-0.39, 0.29) is 18.0 Å². The Balaban J connectivity index is 2.45. The van der Waals surface area contributed by atoms with E-state index in [0.717, 1.165) is 32.2 Å². The van der Waals surface area contributed by atoms with E-state index in [0.29, 0.717) is 13.0 Å². The lowest BCUT2D eigenvalue weighted by atomic mass is 9.86. The third-order valence-corrected chi connectivity index (χ3v) is 3.51. The van der Waals surface area contributed by atoms with Gasteiger partial charge in [-0.3, -0.25) is 4.79 Å². The molecule has 0 aromatic carbocycles. The summed E-state index contributed by atoms with van der Waals surface area (Å²) in [6.45, 7) is 5.43. The van der Waals surface area contributed by atoms with Crippen LogP contribution in [-0.2, 0) is 4.79 Å². The number of hydrogen-bond donors (Lipinski definition) is 2. The Kier molecular flexibility index (Phi) is 5.95. The monoisotopic (exact) mass is 256 g/mol. The van der Waals surface area contributed by atoms with Crippen molar-refractivity contribution in [2.45, 2.75) is 52.0 Å². The third-order valence-electron chi connectivity index (χ3n) is 3.51. The first-order chi connectivity index (χ1) is 8.58. The van der Waals surface area contributed by atoms with Gasteiger partial charge in [0.25, 0.3) is 0 Å². The summed E-state index contributed by atoms with van der Waals surface area (Å²) in [5.74, 6) is -1.04. The van der Waals surface area contributed by atoms with Gasteiger partial charge in [-0.25, -0.2) is 4.79 Å². The molecule has 0 aliphatic heterocycles. The fourth-order valence-electron chi connectivity index (χ4n) is 2.48. The third kappa shape index (κ3) is 4.20. The van der Waals surface area contributed by atoms with E-state index >= 15 is 0 Å². The number of urea groups is 1. The van der Waals surface area contributed by atoms with Crippen LogP contribution in [0.3, 0.4) is 0 Å². The molecule has 0 aromatic rings. The molecule has 1 aliphatic carbocycles. The van der Waals surface area contributed by atoms with Crippen LogP contribution in [0.25, 0.3) is 0 Å². The molecule has 0 bridgehead atoms. The van der Waals surface area contributed by atoms with Crippen LogP contribution in [0.5, 0.6) is 0 Å². The van der Waals surface area contributed by atoms with Crippen molar-refractivity contribution in [1.82, 2.24) is 10.2 Å². The van der Waals surface area contributed by atoms with Gasteiger partial charge in [0.05, 0.1) is 5.92 Å². The first-order valence-electron chi connectivity index (χ1n) is 6.86. The van der Waals surface area contributed by atoms with E-state index in [9.17, 15) is 9.59 Å². The van der Waals surface area contributed by atoms with Crippen LogP contribution < -0.4 is 5.32 Å². The fraction of sp³-hybridized carbons (Fsp3) is 0.846. The summed E-state index contributed by atoms with van der Waals surface area (Å²) in [7, 11) is 0. The van der Waals surface area contributed by atoms with Crippen LogP contribution in [0, 0.1) is 5.92 Å². The highest BCUT2D eigenvalue weighted by Gasteiger charge is 2.28. The van der Waals surface area contributed by atoms with Crippen LogP contribution >= 0.6 is 0 Å². The Morgan fingerprint density at radius 1 is 1.33 bits per heavy atom. The molecule has 18 heavy (non-hydrogen) atoms. The van der Waals surface area contributed by atoms with Gasteiger partial charge in [-0.1, -0.05) is 13.3 Å². The molecule has 2 unspecified atom stereocenters. The lowest BCUT2D eigenvalue weighted by Gasteiger charge is -2.30. The number of amides is 2. The number of nitrogens with zero attached hydrogens (tertiary/aromatic N) is 1. The molecule has 5 nitrogen and oxygen atoms in total. The van der Waals surface area contributed by atoms with Gasteiger partial charge in [-0.05, 0) is 32.6 Å². The van der Waals surface area contributed by atoms with Crippen molar-refractivity contribution in [2.24, 2.45) is 5.92 Å². The molecule has 104 valence electrons. The highest BCUT2D eigenvalue weighted by molar-refractivity contribution is 5.75. The number of carboxylic acid groups (broad SMARTS) is 1. The van der Waals surface area contributed by atoms with Crippen LogP contribution in [0.4, 0.5) is 4.79 Å². The Morgan fingerprint density at radius 3 is 2.61 bits per heavy atom. The predicted molar refractivity (Wildman–Crippen MR) is 69.5 cm³/mol. The zero-order chi connectivity index (χ0) is 13.5. The average Bonchev–Trinajstić information content (AvgIpc) is 2.36. The standard InChI is InChI=1S/C13H24N2O3/c1-3-8-15(4-2)13(18)14-11-7-5-6-10(9-11)12(16)17/h10-11H,3-9H2,1-2H3,(H,14,18)(H,16,17). The largest absolute Gasteiger partial charge is 0.481 e. The Morgan fingerprint density at radius 2 is 2.06 bits per heavy atom. The molecule has 2 amide bonds. The Labute approximate surface area is 109 Å². The smallest absolute Gasteiger partial charge is 0.317 e. The molecular formula is C13H24N2O3. The van der Waals surface area contributed by atoms with Crippen LogP contribution in [0.1, 0.15) is 46.0 Å². The van der Waals surface area contributed by atoms with E-state index in [1.807, 2.05) is 13.8 Å². The lowest BCUT2D eigenvalue weighted by Crippen LogP contribution is -2.47. The zero-order valence-corrected chi connectivity index (χ0v) is 11.3. The first kappa shape index (κ1) is 14.8. The highest BCUT2D eigenvalue weighted by Crippen LogP contribution is 2.24. The van der Waals surface area contributed by atoms with Crippen molar-refractivity contribution >= 4 is 12.0 Å². The van der Waals surface area contributed by atoms with Gasteiger partial charge in [-0.15, -0.1) is 0 Å². The Hall–Kier alpha value is -1.26. The van der Waals surface area contributed by atoms with Gasteiger partial charge in [-0.2, -0.15) is 0 Å². The van der Waals surface area contributed by atoms with Crippen molar-refractivity contribution in [3.63, 3.8) is 0 Å². The molecule has 1 saturated carbocycles. The number of rotatable bonds is 5. The molecule has 1 aliphatic rings. The number of nitrogens with one attached hydrogen (secondary N) is 1. The molecule has 1 rings (SSSR count). The normalized spacial score (nSPS) is 23.4. The lowest BCUT2D eigenvalue weighted by molar-refractivity contribution is -0.143. The molecule has 0 heterocycles. The second kappa shape index (κ2) is 7.24. The number of carboxylic acids is 1. The maximum absolute atomic E-state index is 12.0.